The lowest BCUT2D eigenvalue weighted by atomic mass is 10.1. The van der Waals surface area contributed by atoms with Gasteiger partial charge in [0.05, 0.1) is 13.7 Å². The third-order valence-corrected chi connectivity index (χ3v) is 3.78. The molecule has 0 spiro atoms. The Morgan fingerprint density at radius 1 is 0.833 bits per heavy atom. The van der Waals surface area contributed by atoms with Gasteiger partial charge >= 0.3 is 5.97 Å². The van der Waals surface area contributed by atoms with Crippen molar-refractivity contribution in [3.05, 3.63) is 0 Å². The minimum absolute atomic E-state index is 0.0979. The average Bonchev–Trinajstić information content (AvgIpc) is 2.40. The van der Waals surface area contributed by atoms with Crippen molar-refractivity contribution in [1.82, 2.24) is 4.90 Å². The molecule has 0 aromatic heterocycles. The molecule has 0 atom stereocenters. The smallest absolute Gasteiger partial charge is 0.319 e. The summed E-state index contributed by atoms with van der Waals surface area (Å²) in [5.41, 5.74) is 0. The van der Waals surface area contributed by atoms with Gasteiger partial charge in [0.1, 0.15) is 0 Å². The maximum Gasteiger partial charge on any atom is 0.319 e. The molecule has 1 rings (SSSR count). The molecule has 106 valence electrons. The van der Waals surface area contributed by atoms with E-state index in [0.717, 1.165) is 13.1 Å². The summed E-state index contributed by atoms with van der Waals surface area (Å²) >= 11 is 0. The Morgan fingerprint density at radius 2 is 1.22 bits per heavy atom. The zero-order valence-electron chi connectivity index (χ0n) is 12.0. The standard InChI is InChI=1S/C15H29NO2/c1-18-15(17)14-16-12-10-8-6-4-2-3-5-7-9-11-13-16/h2-14H2,1H3. The van der Waals surface area contributed by atoms with Gasteiger partial charge in [-0.3, -0.25) is 9.69 Å². The summed E-state index contributed by atoms with van der Waals surface area (Å²) in [6.45, 7) is 2.57. The normalized spacial score (nSPS) is 21.4. The molecule has 3 nitrogen and oxygen atoms in total. The first-order chi connectivity index (χ1) is 8.83. The zero-order valence-corrected chi connectivity index (χ0v) is 12.0. The van der Waals surface area contributed by atoms with Gasteiger partial charge in [-0.1, -0.05) is 51.4 Å². The quantitative estimate of drug-likeness (QED) is 0.708. The van der Waals surface area contributed by atoms with Crippen molar-refractivity contribution in [1.29, 1.82) is 0 Å². The molecule has 0 amide bonds. The van der Waals surface area contributed by atoms with Gasteiger partial charge in [0.2, 0.25) is 0 Å². The number of carbonyl (C=O) groups is 1. The number of hydrogen-bond donors (Lipinski definition) is 0. The molecule has 1 heterocycles. The zero-order chi connectivity index (χ0) is 13.1. The summed E-state index contributed by atoms with van der Waals surface area (Å²) in [7, 11) is 1.48. The SMILES string of the molecule is COC(=O)CN1CCCCCCCCCCCC1. The van der Waals surface area contributed by atoms with E-state index in [1.807, 2.05) is 0 Å². The molecule has 1 fully saturated rings. The van der Waals surface area contributed by atoms with Crippen molar-refractivity contribution < 1.29 is 9.53 Å². The van der Waals surface area contributed by atoms with Gasteiger partial charge in [0.15, 0.2) is 0 Å². The van der Waals surface area contributed by atoms with Crippen LogP contribution in [0.15, 0.2) is 0 Å². The van der Waals surface area contributed by atoms with E-state index in [0.29, 0.717) is 6.54 Å². The maximum atomic E-state index is 11.3. The monoisotopic (exact) mass is 255 g/mol. The van der Waals surface area contributed by atoms with Gasteiger partial charge in [-0.15, -0.1) is 0 Å². The van der Waals surface area contributed by atoms with Crippen LogP contribution in [0.2, 0.25) is 0 Å². The number of nitrogens with zero attached hydrogens (tertiary/aromatic N) is 1. The summed E-state index contributed by atoms with van der Waals surface area (Å²) in [5, 5.41) is 0. The number of esters is 1. The number of ether oxygens (including phenoxy) is 1. The molecule has 0 radical (unpaired) electrons. The van der Waals surface area contributed by atoms with Crippen LogP contribution in [0.25, 0.3) is 0 Å². The van der Waals surface area contributed by atoms with Gasteiger partial charge in [0.25, 0.3) is 0 Å². The van der Waals surface area contributed by atoms with E-state index >= 15 is 0 Å². The van der Waals surface area contributed by atoms with Gasteiger partial charge in [0, 0.05) is 0 Å². The highest BCUT2D eigenvalue weighted by Gasteiger charge is 2.10. The highest BCUT2D eigenvalue weighted by Crippen LogP contribution is 2.13. The summed E-state index contributed by atoms with van der Waals surface area (Å²) in [6, 6.07) is 0. The predicted octanol–water partition coefficient (Wildman–Crippen LogP) is 3.38. The molecular weight excluding hydrogens is 226 g/mol. The first-order valence-electron chi connectivity index (χ1n) is 7.62. The Bertz CT molecular complexity index is 205. The van der Waals surface area contributed by atoms with Crippen LogP contribution in [-0.4, -0.2) is 37.6 Å². The number of carbonyl (C=O) groups excluding carboxylic acids is 1. The van der Waals surface area contributed by atoms with Crippen molar-refractivity contribution in [2.45, 2.75) is 64.2 Å². The highest BCUT2D eigenvalue weighted by molar-refractivity contribution is 5.71. The van der Waals surface area contributed by atoms with Crippen molar-refractivity contribution in [3.63, 3.8) is 0 Å². The minimum atomic E-state index is -0.0979. The predicted molar refractivity (Wildman–Crippen MR) is 74.6 cm³/mol. The van der Waals surface area contributed by atoms with Crippen LogP contribution in [0.1, 0.15) is 64.2 Å². The molecule has 0 aromatic rings. The molecule has 1 aliphatic heterocycles. The van der Waals surface area contributed by atoms with Crippen LogP contribution in [0, 0.1) is 0 Å². The van der Waals surface area contributed by atoms with Crippen LogP contribution in [-0.2, 0) is 9.53 Å². The lowest BCUT2D eigenvalue weighted by Crippen LogP contribution is -2.32. The second kappa shape index (κ2) is 10.4. The van der Waals surface area contributed by atoms with Gasteiger partial charge < -0.3 is 4.74 Å². The summed E-state index contributed by atoms with van der Waals surface area (Å²) < 4.78 is 4.77. The molecule has 18 heavy (non-hydrogen) atoms. The second-order valence-electron chi connectivity index (χ2n) is 5.39. The first-order valence-corrected chi connectivity index (χ1v) is 7.62. The molecule has 0 aliphatic carbocycles. The number of methoxy groups -OCH3 is 1. The van der Waals surface area contributed by atoms with Crippen LogP contribution in [0.5, 0.6) is 0 Å². The lowest BCUT2D eigenvalue weighted by molar-refractivity contribution is -0.141. The molecule has 1 aliphatic rings. The van der Waals surface area contributed by atoms with Crippen LogP contribution in [0.3, 0.4) is 0 Å². The van der Waals surface area contributed by atoms with Crippen LogP contribution < -0.4 is 0 Å². The highest BCUT2D eigenvalue weighted by atomic mass is 16.5. The van der Waals surface area contributed by atoms with E-state index in [9.17, 15) is 4.79 Å². The Kier molecular flexibility index (Phi) is 8.92. The Labute approximate surface area is 112 Å². The van der Waals surface area contributed by atoms with E-state index in [1.165, 1.54) is 71.3 Å². The number of hydrogen-bond acceptors (Lipinski definition) is 3. The Balaban J connectivity index is 2.30. The first kappa shape index (κ1) is 15.5. The molecular formula is C15H29NO2. The molecule has 0 saturated carbocycles. The molecule has 0 aromatic carbocycles. The van der Waals surface area contributed by atoms with E-state index in [4.69, 9.17) is 4.74 Å². The average molecular weight is 255 g/mol. The third kappa shape index (κ3) is 7.70. The minimum Gasteiger partial charge on any atom is -0.468 e. The maximum absolute atomic E-state index is 11.3. The fourth-order valence-electron chi connectivity index (χ4n) is 2.60. The molecule has 3 heteroatoms. The van der Waals surface area contributed by atoms with E-state index < -0.39 is 0 Å². The lowest BCUT2D eigenvalue weighted by Gasteiger charge is -2.20. The molecule has 0 bridgehead atoms. The van der Waals surface area contributed by atoms with E-state index in [2.05, 4.69) is 4.90 Å². The summed E-state index contributed by atoms with van der Waals surface area (Å²) in [6.07, 6.45) is 13.3. The van der Waals surface area contributed by atoms with E-state index in [1.54, 1.807) is 0 Å². The largest absolute Gasteiger partial charge is 0.468 e. The van der Waals surface area contributed by atoms with Crippen molar-refractivity contribution in [3.8, 4) is 0 Å². The Hall–Kier alpha value is -0.570. The molecule has 0 N–H and O–H groups in total. The van der Waals surface area contributed by atoms with Gasteiger partial charge in [-0.2, -0.15) is 0 Å². The third-order valence-electron chi connectivity index (χ3n) is 3.78. The van der Waals surface area contributed by atoms with Crippen molar-refractivity contribution in [2.75, 3.05) is 26.7 Å². The fraction of sp³-hybridized carbons (Fsp3) is 0.933. The van der Waals surface area contributed by atoms with Crippen molar-refractivity contribution in [2.24, 2.45) is 0 Å². The van der Waals surface area contributed by atoms with Crippen molar-refractivity contribution >= 4 is 5.97 Å². The number of rotatable bonds is 2. The van der Waals surface area contributed by atoms with Gasteiger partial charge in [-0.05, 0) is 25.9 Å². The van der Waals surface area contributed by atoms with Crippen LogP contribution >= 0.6 is 0 Å². The van der Waals surface area contributed by atoms with Crippen LogP contribution in [0.4, 0.5) is 0 Å². The Morgan fingerprint density at radius 3 is 1.61 bits per heavy atom. The molecule has 0 unspecified atom stereocenters. The van der Waals surface area contributed by atoms with Gasteiger partial charge in [-0.25, -0.2) is 0 Å². The topological polar surface area (TPSA) is 29.5 Å². The molecule has 1 saturated heterocycles. The summed E-state index contributed by atoms with van der Waals surface area (Å²) in [5.74, 6) is -0.0979. The van der Waals surface area contributed by atoms with E-state index in [-0.39, 0.29) is 5.97 Å². The second-order valence-corrected chi connectivity index (χ2v) is 5.39. The fourth-order valence-corrected chi connectivity index (χ4v) is 2.60. The summed E-state index contributed by atoms with van der Waals surface area (Å²) in [4.78, 5) is 13.6.